The summed E-state index contributed by atoms with van der Waals surface area (Å²) < 4.78 is 1.64. The predicted molar refractivity (Wildman–Crippen MR) is 98.9 cm³/mol. The van der Waals surface area contributed by atoms with Gasteiger partial charge in [0.15, 0.2) is 11.0 Å². The van der Waals surface area contributed by atoms with Crippen LogP contribution in [0.3, 0.4) is 0 Å². The number of hydrogen-bond acceptors (Lipinski definition) is 4. The zero-order valence-electron chi connectivity index (χ0n) is 15.3. The molecule has 0 atom stereocenters. The van der Waals surface area contributed by atoms with Crippen molar-refractivity contribution in [3.63, 3.8) is 0 Å². The Hall–Kier alpha value is -3.94. The van der Waals surface area contributed by atoms with Gasteiger partial charge < -0.3 is 10.4 Å². The van der Waals surface area contributed by atoms with Crippen LogP contribution in [0.4, 0.5) is 0 Å². The molecule has 2 heterocycles. The molecule has 1 aromatic carbocycles. The number of carbonyl (C=O) groups excluding carboxylic acids is 2. The smallest absolute Gasteiger partial charge is 0.279 e. The van der Waals surface area contributed by atoms with Gasteiger partial charge in [0.25, 0.3) is 11.8 Å². The summed E-state index contributed by atoms with van der Waals surface area (Å²) in [6.07, 6.45) is 0. The molecule has 8 heteroatoms. The molecule has 2 aromatic heterocycles. The van der Waals surface area contributed by atoms with Gasteiger partial charge in [0, 0.05) is 11.1 Å². The van der Waals surface area contributed by atoms with Crippen LogP contribution in [-0.2, 0) is 0 Å². The minimum atomic E-state index is -0.559. The second kappa shape index (κ2) is 7.75. The average Bonchev–Trinajstić information content (AvgIpc) is 2.69. The highest BCUT2D eigenvalue weighted by Gasteiger charge is 2.09. The number of aryl methyl sites for hydroxylation is 2. The van der Waals surface area contributed by atoms with Crippen LogP contribution in [0.2, 0.25) is 0 Å². The van der Waals surface area contributed by atoms with Crippen molar-refractivity contribution in [1.29, 1.82) is 0 Å². The van der Waals surface area contributed by atoms with Crippen molar-refractivity contribution in [3.05, 3.63) is 94.2 Å². The van der Waals surface area contributed by atoms with E-state index in [0.717, 1.165) is 9.46 Å². The van der Waals surface area contributed by atoms with Crippen molar-refractivity contribution < 1.29 is 20.0 Å². The second-order valence-electron chi connectivity index (χ2n) is 6.09. The summed E-state index contributed by atoms with van der Waals surface area (Å²) in [5, 5.41) is 19.8. The number of carbonyl (C=O) groups is 2. The topological polar surface area (TPSA) is 109 Å². The van der Waals surface area contributed by atoms with E-state index in [0.29, 0.717) is 11.4 Å². The van der Waals surface area contributed by atoms with Crippen LogP contribution in [-0.4, -0.2) is 31.7 Å². The first-order valence-electron chi connectivity index (χ1n) is 8.41. The van der Waals surface area contributed by atoms with Crippen LogP contribution in [0, 0.1) is 13.8 Å². The van der Waals surface area contributed by atoms with Crippen LogP contribution in [0.5, 0.6) is 0 Å². The van der Waals surface area contributed by atoms with Crippen molar-refractivity contribution >= 4 is 11.8 Å². The van der Waals surface area contributed by atoms with E-state index in [2.05, 4.69) is 9.98 Å². The third kappa shape index (κ3) is 3.90. The highest BCUT2D eigenvalue weighted by atomic mass is 16.5. The number of hydrogen-bond donors (Lipinski definition) is 2. The van der Waals surface area contributed by atoms with Crippen LogP contribution in [0.25, 0.3) is 0 Å². The molecule has 8 nitrogen and oxygen atoms in total. The van der Waals surface area contributed by atoms with Gasteiger partial charge >= 0.3 is 0 Å². The zero-order chi connectivity index (χ0) is 20.3. The molecule has 142 valence electrons. The van der Waals surface area contributed by atoms with Crippen LogP contribution in [0.1, 0.15) is 32.1 Å². The largest absolute Gasteiger partial charge is 0.427 e. The Bertz CT molecular complexity index is 1090. The highest BCUT2D eigenvalue weighted by molar-refractivity contribution is 5.98. The number of amides is 2. The summed E-state index contributed by atoms with van der Waals surface area (Å²) in [6.45, 7) is 3.36. The molecule has 0 saturated heterocycles. The summed E-state index contributed by atoms with van der Waals surface area (Å²) >= 11 is 0. The third-order valence-corrected chi connectivity index (χ3v) is 4.08. The lowest BCUT2D eigenvalue weighted by Gasteiger charge is -2.03. The Labute approximate surface area is 159 Å². The molecule has 2 amide bonds. The normalized spacial score (nSPS) is 12.2. The van der Waals surface area contributed by atoms with E-state index in [-0.39, 0.29) is 22.1 Å². The first-order chi connectivity index (χ1) is 13.4. The molecule has 0 radical (unpaired) electrons. The van der Waals surface area contributed by atoms with Gasteiger partial charge in [-0.15, -0.1) is 0 Å². The van der Waals surface area contributed by atoms with E-state index in [4.69, 9.17) is 0 Å². The fourth-order valence-corrected chi connectivity index (χ4v) is 2.45. The quantitative estimate of drug-likeness (QED) is 0.663. The van der Waals surface area contributed by atoms with Crippen molar-refractivity contribution in [2.24, 2.45) is 9.98 Å². The fraction of sp³-hybridized carbons (Fsp3) is 0.100. The Balaban J connectivity index is 1.87. The minimum absolute atomic E-state index is 0.104. The van der Waals surface area contributed by atoms with Crippen molar-refractivity contribution in [2.45, 2.75) is 13.8 Å². The van der Waals surface area contributed by atoms with Gasteiger partial charge in [-0.3, -0.25) is 9.59 Å². The number of benzene rings is 1. The highest BCUT2D eigenvalue weighted by Crippen LogP contribution is 2.07. The Morgan fingerprint density at radius 2 is 1.04 bits per heavy atom. The summed E-state index contributed by atoms with van der Waals surface area (Å²) in [6, 6.07) is 15.5. The van der Waals surface area contributed by atoms with E-state index >= 15 is 0 Å². The van der Waals surface area contributed by atoms with Crippen LogP contribution < -0.4 is 11.0 Å². The van der Waals surface area contributed by atoms with Gasteiger partial charge in [0.2, 0.25) is 0 Å². The van der Waals surface area contributed by atoms with Gasteiger partial charge in [-0.2, -0.15) is 19.4 Å². The number of nitrogens with zero attached hydrogens (tertiary/aromatic N) is 4. The molecule has 28 heavy (non-hydrogen) atoms. The van der Waals surface area contributed by atoms with Crippen LogP contribution >= 0.6 is 0 Å². The Morgan fingerprint density at radius 1 is 0.679 bits per heavy atom. The van der Waals surface area contributed by atoms with E-state index in [1.54, 1.807) is 38.1 Å². The van der Waals surface area contributed by atoms with Crippen molar-refractivity contribution in [2.75, 3.05) is 0 Å². The number of pyridine rings is 2. The average molecular weight is 378 g/mol. The first-order valence-corrected chi connectivity index (χ1v) is 8.41. The van der Waals surface area contributed by atoms with Gasteiger partial charge in [-0.05, 0) is 62.4 Å². The molecule has 2 N–H and O–H groups in total. The molecule has 0 aliphatic rings. The summed E-state index contributed by atoms with van der Waals surface area (Å²) in [4.78, 5) is 32.4. The standard InChI is InChI=1S/C20H18N4O4/c1-13-5-3-7-17(23(13)27)21-19(25)15-9-11-16(12-10-15)20(26)22-18-8-4-6-14(2)24(18)28/h3-12,27-28H,1-2H3. The number of aromatic nitrogens is 2. The first kappa shape index (κ1) is 18.8. The van der Waals surface area contributed by atoms with Gasteiger partial charge in [-0.1, -0.05) is 12.1 Å². The monoisotopic (exact) mass is 378 g/mol. The van der Waals surface area contributed by atoms with Gasteiger partial charge in [-0.25, -0.2) is 0 Å². The molecular weight excluding hydrogens is 360 g/mol. The fourth-order valence-electron chi connectivity index (χ4n) is 2.45. The van der Waals surface area contributed by atoms with E-state index in [9.17, 15) is 20.0 Å². The number of rotatable bonds is 2. The summed E-state index contributed by atoms with van der Waals surface area (Å²) in [5.41, 5.74) is 1.79. The molecule has 0 unspecified atom stereocenters. The maximum absolute atomic E-state index is 12.3. The molecule has 0 aliphatic carbocycles. The molecule has 0 saturated carbocycles. The lowest BCUT2D eigenvalue weighted by molar-refractivity contribution is 0.0976. The summed E-state index contributed by atoms with van der Waals surface area (Å²) in [5.74, 6) is -1.12. The van der Waals surface area contributed by atoms with E-state index < -0.39 is 11.8 Å². The van der Waals surface area contributed by atoms with E-state index in [1.165, 1.54) is 36.4 Å². The molecule has 0 spiro atoms. The summed E-state index contributed by atoms with van der Waals surface area (Å²) in [7, 11) is 0. The SMILES string of the molecule is Cc1cccc(=NC(=O)c2ccc(C(=O)N=c3cccc(C)n3O)cc2)n1O. The zero-order valence-corrected chi connectivity index (χ0v) is 15.3. The molecular formula is C20H18N4O4. The molecule has 0 bridgehead atoms. The molecule has 3 rings (SSSR count). The van der Waals surface area contributed by atoms with Gasteiger partial charge in [0.05, 0.1) is 11.4 Å². The molecule has 0 fully saturated rings. The van der Waals surface area contributed by atoms with Crippen molar-refractivity contribution in [1.82, 2.24) is 9.46 Å². The second-order valence-corrected chi connectivity index (χ2v) is 6.09. The maximum Gasteiger partial charge on any atom is 0.279 e. The Morgan fingerprint density at radius 3 is 1.39 bits per heavy atom. The lowest BCUT2D eigenvalue weighted by Crippen LogP contribution is -2.22. The predicted octanol–water partition coefficient (Wildman–Crippen LogP) is 1.86. The minimum Gasteiger partial charge on any atom is -0.427 e. The van der Waals surface area contributed by atoms with Crippen molar-refractivity contribution in [3.8, 4) is 0 Å². The van der Waals surface area contributed by atoms with E-state index in [1.807, 2.05) is 0 Å². The Kier molecular flexibility index (Phi) is 5.21. The lowest BCUT2D eigenvalue weighted by atomic mass is 10.1. The maximum atomic E-state index is 12.3. The van der Waals surface area contributed by atoms with Gasteiger partial charge in [0.1, 0.15) is 0 Å². The molecule has 0 aliphatic heterocycles. The van der Waals surface area contributed by atoms with Crippen LogP contribution in [0.15, 0.2) is 70.6 Å². The molecule has 3 aromatic rings. The third-order valence-electron chi connectivity index (χ3n) is 4.08.